The third kappa shape index (κ3) is 5.20. The summed E-state index contributed by atoms with van der Waals surface area (Å²) in [6, 6.07) is 0.757. The fourth-order valence-electron chi connectivity index (χ4n) is 2.97. The number of hydrogen-bond acceptors (Lipinski definition) is 3. The van der Waals surface area contributed by atoms with Crippen LogP contribution in [0.1, 0.15) is 58.8 Å². The van der Waals surface area contributed by atoms with Crippen molar-refractivity contribution in [1.29, 1.82) is 0 Å². The molecule has 2 N–H and O–H groups in total. The van der Waals surface area contributed by atoms with Crippen molar-refractivity contribution in [3.05, 3.63) is 0 Å². The predicted octanol–water partition coefficient (Wildman–Crippen LogP) is 1.86. The van der Waals surface area contributed by atoms with E-state index in [9.17, 15) is 8.42 Å². The highest BCUT2D eigenvalue weighted by Gasteiger charge is 2.33. The van der Waals surface area contributed by atoms with E-state index in [1.165, 1.54) is 12.8 Å². The van der Waals surface area contributed by atoms with Crippen LogP contribution in [-0.2, 0) is 10.2 Å². The molecule has 0 bridgehead atoms. The zero-order valence-electron chi connectivity index (χ0n) is 13.5. The largest absolute Gasteiger partial charge is 0.312 e. The highest BCUT2D eigenvalue weighted by molar-refractivity contribution is 7.87. The highest BCUT2D eigenvalue weighted by Crippen LogP contribution is 2.23. The Kier molecular flexibility index (Phi) is 6.47. The first-order valence-electron chi connectivity index (χ1n) is 8.56. The predicted molar refractivity (Wildman–Crippen MR) is 86.4 cm³/mol. The molecule has 1 aliphatic carbocycles. The number of rotatable bonds is 9. The van der Waals surface area contributed by atoms with Crippen molar-refractivity contribution in [3.63, 3.8) is 0 Å². The molecule has 1 heterocycles. The third-order valence-corrected chi connectivity index (χ3v) is 6.44. The maximum atomic E-state index is 12.6. The maximum Gasteiger partial charge on any atom is 0.279 e. The molecule has 1 unspecified atom stereocenters. The van der Waals surface area contributed by atoms with Crippen LogP contribution in [0.5, 0.6) is 0 Å². The van der Waals surface area contributed by atoms with E-state index in [1.807, 2.05) is 0 Å². The summed E-state index contributed by atoms with van der Waals surface area (Å²) in [6.07, 6.45) is 7.61. The summed E-state index contributed by atoms with van der Waals surface area (Å²) in [5, 5.41) is 3.48. The van der Waals surface area contributed by atoms with Gasteiger partial charge in [-0.05, 0) is 31.6 Å². The van der Waals surface area contributed by atoms with Gasteiger partial charge in [0.25, 0.3) is 10.2 Å². The van der Waals surface area contributed by atoms with Gasteiger partial charge in [-0.1, -0.05) is 33.1 Å². The molecule has 1 saturated carbocycles. The fraction of sp³-hybridized carbons (Fsp3) is 1.00. The molecule has 1 aliphatic heterocycles. The summed E-state index contributed by atoms with van der Waals surface area (Å²) in [4.78, 5) is 0. The lowest BCUT2D eigenvalue weighted by molar-refractivity contribution is 0.241. The second kappa shape index (κ2) is 7.90. The lowest BCUT2D eigenvalue weighted by Crippen LogP contribution is -2.53. The van der Waals surface area contributed by atoms with Gasteiger partial charge in [-0.25, -0.2) is 4.72 Å². The molecule has 0 radical (unpaired) electrons. The summed E-state index contributed by atoms with van der Waals surface area (Å²) in [5.74, 6) is 0.438. The Bertz CT molecular complexity index is 405. The Labute approximate surface area is 130 Å². The van der Waals surface area contributed by atoms with Crippen molar-refractivity contribution in [2.75, 3.05) is 19.6 Å². The molecule has 2 fully saturated rings. The molecule has 2 rings (SSSR count). The van der Waals surface area contributed by atoms with E-state index in [2.05, 4.69) is 23.9 Å². The van der Waals surface area contributed by atoms with Gasteiger partial charge >= 0.3 is 0 Å². The molecule has 6 heteroatoms. The monoisotopic (exact) mass is 317 g/mol. The van der Waals surface area contributed by atoms with E-state index in [0.717, 1.165) is 38.6 Å². The smallest absolute Gasteiger partial charge is 0.279 e. The summed E-state index contributed by atoms with van der Waals surface area (Å²) >= 11 is 0. The van der Waals surface area contributed by atoms with Crippen molar-refractivity contribution in [2.24, 2.45) is 5.92 Å². The second-order valence-electron chi connectivity index (χ2n) is 6.48. The van der Waals surface area contributed by atoms with Gasteiger partial charge in [0.15, 0.2) is 0 Å². The van der Waals surface area contributed by atoms with E-state index in [1.54, 1.807) is 4.31 Å². The Morgan fingerprint density at radius 2 is 1.86 bits per heavy atom. The number of nitrogens with one attached hydrogen (secondary N) is 2. The zero-order chi connectivity index (χ0) is 15.3. The molecule has 124 valence electrons. The average Bonchev–Trinajstić information content (AvgIpc) is 3.30. The van der Waals surface area contributed by atoms with Crippen LogP contribution in [0.4, 0.5) is 0 Å². The molecule has 1 saturated heterocycles. The van der Waals surface area contributed by atoms with Crippen molar-refractivity contribution < 1.29 is 8.42 Å². The van der Waals surface area contributed by atoms with Crippen molar-refractivity contribution in [2.45, 2.75) is 70.9 Å². The van der Waals surface area contributed by atoms with Crippen LogP contribution < -0.4 is 10.0 Å². The van der Waals surface area contributed by atoms with Gasteiger partial charge in [0.2, 0.25) is 0 Å². The van der Waals surface area contributed by atoms with Crippen LogP contribution in [0, 0.1) is 5.92 Å². The molecule has 0 aromatic heterocycles. The van der Waals surface area contributed by atoms with Crippen LogP contribution in [0.25, 0.3) is 0 Å². The quantitative estimate of drug-likeness (QED) is 0.682. The molecule has 21 heavy (non-hydrogen) atoms. The lowest BCUT2D eigenvalue weighted by atomic mass is 10.0. The van der Waals surface area contributed by atoms with Gasteiger partial charge in [0.1, 0.15) is 0 Å². The van der Waals surface area contributed by atoms with E-state index in [4.69, 9.17) is 0 Å². The first-order chi connectivity index (χ1) is 10.1. The number of nitrogens with zero attached hydrogens (tertiary/aromatic N) is 1. The summed E-state index contributed by atoms with van der Waals surface area (Å²) < 4.78 is 29.7. The minimum absolute atomic E-state index is 0.124. The Morgan fingerprint density at radius 1 is 1.14 bits per heavy atom. The first-order valence-corrected chi connectivity index (χ1v) is 10.0. The molecule has 5 nitrogen and oxygen atoms in total. The van der Waals surface area contributed by atoms with Gasteiger partial charge in [0.05, 0.1) is 0 Å². The number of piperidine rings is 1. The second-order valence-corrected chi connectivity index (χ2v) is 8.19. The van der Waals surface area contributed by atoms with Crippen LogP contribution in [0.2, 0.25) is 0 Å². The number of hydrogen-bond donors (Lipinski definition) is 2. The molecule has 0 amide bonds. The maximum absolute atomic E-state index is 12.6. The zero-order valence-corrected chi connectivity index (χ0v) is 14.3. The summed E-state index contributed by atoms with van der Waals surface area (Å²) in [6.45, 7) is 6.26. The van der Waals surface area contributed by atoms with E-state index >= 15 is 0 Å². The minimum atomic E-state index is -3.33. The van der Waals surface area contributed by atoms with Gasteiger partial charge in [-0.3, -0.25) is 0 Å². The minimum Gasteiger partial charge on any atom is -0.312 e. The van der Waals surface area contributed by atoms with Crippen LogP contribution in [0.3, 0.4) is 0 Å². The molecule has 2 aliphatic rings. The van der Waals surface area contributed by atoms with E-state index in [-0.39, 0.29) is 6.04 Å². The van der Waals surface area contributed by atoms with Gasteiger partial charge in [-0.15, -0.1) is 0 Å². The standard InChI is InChI=1S/C15H31N3O2S/c1-3-13(4-2)11-17-21(19,20)18-10-6-5-7-15(18)12-16-14-8-9-14/h13-17H,3-12H2,1-2H3. The Hall–Kier alpha value is -0.170. The van der Waals surface area contributed by atoms with Crippen molar-refractivity contribution in [3.8, 4) is 0 Å². The average molecular weight is 317 g/mol. The molecule has 0 spiro atoms. The topological polar surface area (TPSA) is 61.4 Å². The normalized spacial score (nSPS) is 24.6. The van der Waals surface area contributed by atoms with Crippen LogP contribution in [-0.4, -0.2) is 44.4 Å². The Balaban J connectivity index is 1.90. The van der Waals surface area contributed by atoms with Crippen LogP contribution in [0.15, 0.2) is 0 Å². The molecular formula is C15H31N3O2S. The van der Waals surface area contributed by atoms with Crippen molar-refractivity contribution >= 4 is 10.2 Å². The van der Waals surface area contributed by atoms with Crippen molar-refractivity contribution in [1.82, 2.24) is 14.3 Å². The van der Waals surface area contributed by atoms with E-state index in [0.29, 0.717) is 25.0 Å². The molecule has 0 aromatic carbocycles. The summed E-state index contributed by atoms with van der Waals surface area (Å²) in [7, 11) is -3.33. The fourth-order valence-corrected chi connectivity index (χ4v) is 4.52. The molecular weight excluding hydrogens is 286 g/mol. The van der Waals surface area contributed by atoms with E-state index < -0.39 is 10.2 Å². The van der Waals surface area contributed by atoms with Gasteiger partial charge in [0, 0.05) is 31.7 Å². The highest BCUT2D eigenvalue weighted by atomic mass is 32.2. The molecule has 1 atom stereocenters. The SMILES string of the molecule is CCC(CC)CNS(=O)(=O)N1CCCCC1CNC1CC1. The first kappa shape index (κ1) is 17.2. The molecule has 0 aromatic rings. The summed E-state index contributed by atoms with van der Waals surface area (Å²) in [5.41, 5.74) is 0. The Morgan fingerprint density at radius 3 is 2.48 bits per heavy atom. The lowest BCUT2D eigenvalue weighted by Gasteiger charge is -2.35. The van der Waals surface area contributed by atoms with Crippen LogP contribution >= 0.6 is 0 Å². The third-order valence-electron chi connectivity index (χ3n) is 4.81. The van der Waals surface area contributed by atoms with Gasteiger partial charge < -0.3 is 5.32 Å². The van der Waals surface area contributed by atoms with Gasteiger partial charge in [-0.2, -0.15) is 12.7 Å².